The van der Waals surface area contributed by atoms with Gasteiger partial charge in [-0.25, -0.2) is 4.79 Å². The van der Waals surface area contributed by atoms with Gasteiger partial charge in [-0.3, -0.25) is 13.9 Å². The second-order valence-corrected chi connectivity index (χ2v) is 5.85. The van der Waals surface area contributed by atoms with Crippen molar-refractivity contribution in [3.8, 4) is 11.5 Å². The average molecular weight is 355 g/mol. The van der Waals surface area contributed by atoms with Crippen LogP contribution in [0.5, 0.6) is 11.5 Å². The van der Waals surface area contributed by atoms with E-state index in [1.807, 2.05) is 36.4 Å². The van der Waals surface area contributed by atoms with E-state index in [1.165, 1.54) is 9.13 Å². The van der Waals surface area contributed by atoms with Crippen LogP contribution >= 0.6 is 0 Å². The van der Waals surface area contributed by atoms with Crippen molar-refractivity contribution >= 4 is 16.9 Å². The fourth-order valence-electron chi connectivity index (χ4n) is 3.00. The van der Waals surface area contributed by atoms with Crippen LogP contribution in [0.15, 0.2) is 47.3 Å². The smallest absolute Gasteiger partial charge is 0.329 e. The van der Waals surface area contributed by atoms with Crippen molar-refractivity contribution in [3.63, 3.8) is 0 Å². The fourth-order valence-corrected chi connectivity index (χ4v) is 3.00. The van der Waals surface area contributed by atoms with E-state index in [0.717, 1.165) is 16.6 Å². The molecule has 0 unspecified atom stereocenters. The van der Waals surface area contributed by atoms with Crippen molar-refractivity contribution in [2.24, 2.45) is 7.05 Å². The summed E-state index contributed by atoms with van der Waals surface area (Å²) in [7, 11) is 4.81. The van der Waals surface area contributed by atoms with E-state index in [9.17, 15) is 9.59 Å². The van der Waals surface area contributed by atoms with Gasteiger partial charge < -0.3 is 14.8 Å². The molecule has 7 nitrogen and oxygen atoms in total. The number of hydrogen-bond donors (Lipinski definition) is 1. The van der Waals surface area contributed by atoms with Crippen LogP contribution in [0.1, 0.15) is 5.56 Å². The molecule has 2 aromatic carbocycles. The first-order valence-corrected chi connectivity index (χ1v) is 8.17. The van der Waals surface area contributed by atoms with Crippen LogP contribution in [-0.2, 0) is 24.9 Å². The molecule has 0 spiro atoms. The van der Waals surface area contributed by atoms with Gasteiger partial charge in [0.25, 0.3) is 0 Å². The maximum Gasteiger partial charge on any atom is 0.329 e. The summed E-state index contributed by atoms with van der Waals surface area (Å²) >= 11 is 0. The molecule has 0 aliphatic heterocycles. The van der Waals surface area contributed by atoms with E-state index in [2.05, 4.69) is 5.32 Å². The summed E-state index contributed by atoms with van der Waals surface area (Å²) in [5, 5.41) is 2.83. The number of amides is 1. The zero-order valence-electron chi connectivity index (χ0n) is 15.0. The van der Waals surface area contributed by atoms with Crippen LogP contribution in [0.2, 0.25) is 0 Å². The van der Waals surface area contributed by atoms with E-state index in [1.54, 1.807) is 27.3 Å². The number of rotatable bonds is 6. The van der Waals surface area contributed by atoms with Gasteiger partial charge in [-0.2, -0.15) is 0 Å². The van der Waals surface area contributed by atoms with Gasteiger partial charge in [0.15, 0.2) is 11.5 Å². The molecule has 3 rings (SSSR count). The topological polar surface area (TPSA) is 74.5 Å². The molecule has 1 heterocycles. The van der Waals surface area contributed by atoms with Crippen LogP contribution < -0.4 is 20.5 Å². The molecule has 7 heteroatoms. The summed E-state index contributed by atoms with van der Waals surface area (Å²) in [4.78, 5) is 24.8. The summed E-state index contributed by atoms with van der Waals surface area (Å²) in [6, 6.07) is 12.9. The number of aryl methyl sites for hydroxylation is 1. The number of carbonyl (C=O) groups is 1. The second kappa shape index (κ2) is 7.35. The van der Waals surface area contributed by atoms with Crippen LogP contribution in [0.4, 0.5) is 0 Å². The summed E-state index contributed by atoms with van der Waals surface area (Å²) in [6.07, 6.45) is 0. The number of carbonyl (C=O) groups excluding carboxylic acids is 1. The highest BCUT2D eigenvalue weighted by atomic mass is 16.5. The van der Waals surface area contributed by atoms with Crippen molar-refractivity contribution in [3.05, 3.63) is 58.5 Å². The third kappa shape index (κ3) is 3.15. The quantitative estimate of drug-likeness (QED) is 0.730. The summed E-state index contributed by atoms with van der Waals surface area (Å²) in [5.74, 6) is 0.926. The van der Waals surface area contributed by atoms with E-state index >= 15 is 0 Å². The molecule has 0 atom stereocenters. The zero-order chi connectivity index (χ0) is 18.7. The Kier molecular flexibility index (Phi) is 4.97. The third-order valence-electron chi connectivity index (χ3n) is 4.31. The maximum atomic E-state index is 12.4. The van der Waals surface area contributed by atoms with E-state index in [4.69, 9.17) is 9.47 Å². The lowest BCUT2D eigenvalue weighted by atomic mass is 10.2. The Morgan fingerprint density at radius 3 is 2.46 bits per heavy atom. The molecule has 0 bridgehead atoms. The summed E-state index contributed by atoms with van der Waals surface area (Å²) in [5.41, 5.74) is 2.10. The highest BCUT2D eigenvalue weighted by Gasteiger charge is 2.14. The number of ether oxygens (including phenoxy) is 2. The molecule has 26 heavy (non-hydrogen) atoms. The SMILES string of the molecule is COc1cccc(CNC(=O)Cn2c(=O)n(C)c3ccccc32)c1OC. The maximum absolute atomic E-state index is 12.4. The highest BCUT2D eigenvalue weighted by Crippen LogP contribution is 2.30. The minimum Gasteiger partial charge on any atom is -0.493 e. The Morgan fingerprint density at radius 1 is 1.04 bits per heavy atom. The number of aromatic nitrogens is 2. The van der Waals surface area contributed by atoms with Crippen LogP contribution in [0.25, 0.3) is 11.0 Å². The second-order valence-electron chi connectivity index (χ2n) is 5.85. The lowest BCUT2D eigenvalue weighted by molar-refractivity contribution is -0.121. The first kappa shape index (κ1) is 17.6. The Hall–Kier alpha value is -3.22. The molecular formula is C19H21N3O4. The normalized spacial score (nSPS) is 10.7. The van der Waals surface area contributed by atoms with Crippen molar-refractivity contribution in [1.29, 1.82) is 0 Å². The van der Waals surface area contributed by atoms with Gasteiger partial charge in [0.2, 0.25) is 5.91 Å². The molecule has 0 aliphatic rings. The summed E-state index contributed by atoms with van der Waals surface area (Å²) < 4.78 is 13.6. The molecule has 0 fully saturated rings. The van der Waals surface area contributed by atoms with Gasteiger partial charge in [0, 0.05) is 19.2 Å². The lowest BCUT2D eigenvalue weighted by Crippen LogP contribution is -2.32. The monoisotopic (exact) mass is 355 g/mol. The number of fused-ring (bicyclic) bond motifs is 1. The summed E-state index contributed by atoms with van der Waals surface area (Å²) in [6.45, 7) is 0.227. The van der Waals surface area contributed by atoms with Gasteiger partial charge in [0.1, 0.15) is 6.54 Å². The van der Waals surface area contributed by atoms with Gasteiger partial charge >= 0.3 is 5.69 Å². The predicted molar refractivity (Wildman–Crippen MR) is 98.6 cm³/mol. The molecule has 3 aromatic rings. The van der Waals surface area contributed by atoms with Gasteiger partial charge in [-0.05, 0) is 18.2 Å². The minimum atomic E-state index is -0.256. The predicted octanol–water partition coefficient (Wildman–Crippen LogP) is 1.67. The molecule has 0 saturated carbocycles. The average Bonchev–Trinajstić information content (AvgIpc) is 2.91. The molecule has 0 radical (unpaired) electrons. The van der Waals surface area contributed by atoms with Crippen molar-refractivity contribution in [2.45, 2.75) is 13.1 Å². The number of nitrogens with one attached hydrogen (secondary N) is 1. The molecule has 0 saturated heterocycles. The first-order chi connectivity index (χ1) is 12.6. The fraction of sp³-hybridized carbons (Fsp3) is 0.263. The number of hydrogen-bond acceptors (Lipinski definition) is 4. The standard InChI is InChI=1S/C19H21N3O4/c1-21-14-8-4-5-9-15(14)22(19(21)24)12-17(23)20-11-13-7-6-10-16(25-2)18(13)26-3/h4-10H,11-12H2,1-3H3,(H,20,23). The molecule has 1 amide bonds. The molecule has 1 N–H and O–H groups in total. The Bertz CT molecular complexity index is 1000. The number of nitrogens with zero attached hydrogens (tertiary/aromatic N) is 2. The zero-order valence-corrected chi connectivity index (χ0v) is 15.0. The van der Waals surface area contributed by atoms with Crippen LogP contribution in [0.3, 0.4) is 0 Å². The Balaban J connectivity index is 1.77. The van der Waals surface area contributed by atoms with E-state index < -0.39 is 0 Å². The largest absolute Gasteiger partial charge is 0.493 e. The Labute approximate surface area is 150 Å². The third-order valence-corrected chi connectivity index (χ3v) is 4.31. The van der Waals surface area contributed by atoms with Gasteiger partial charge in [-0.15, -0.1) is 0 Å². The highest BCUT2D eigenvalue weighted by molar-refractivity contribution is 5.80. The molecule has 0 aliphatic carbocycles. The number of methoxy groups -OCH3 is 2. The van der Waals surface area contributed by atoms with Crippen molar-refractivity contribution in [1.82, 2.24) is 14.5 Å². The molecule has 136 valence electrons. The minimum absolute atomic E-state index is 0.0491. The Morgan fingerprint density at radius 2 is 1.77 bits per heavy atom. The van der Waals surface area contributed by atoms with Gasteiger partial charge in [-0.1, -0.05) is 24.3 Å². The van der Waals surface area contributed by atoms with Crippen molar-refractivity contribution in [2.75, 3.05) is 14.2 Å². The molecule has 1 aromatic heterocycles. The van der Waals surface area contributed by atoms with Crippen LogP contribution in [0, 0.1) is 0 Å². The lowest BCUT2D eigenvalue weighted by Gasteiger charge is -2.13. The molecular weight excluding hydrogens is 334 g/mol. The van der Waals surface area contributed by atoms with E-state index in [-0.39, 0.29) is 24.7 Å². The number of benzene rings is 2. The van der Waals surface area contributed by atoms with E-state index in [0.29, 0.717) is 11.5 Å². The van der Waals surface area contributed by atoms with Crippen molar-refractivity contribution < 1.29 is 14.3 Å². The number of para-hydroxylation sites is 3. The first-order valence-electron chi connectivity index (χ1n) is 8.17. The van der Waals surface area contributed by atoms with Gasteiger partial charge in [0.05, 0.1) is 25.3 Å². The number of imidazole rings is 1. The van der Waals surface area contributed by atoms with Crippen LogP contribution in [-0.4, -0.2) is 29.3 Å².